The van der Waals surface area contributed by atoms with E-state index in [-0.39, 0.29) is 18.8 Å². The monoisotopic (exact) mass is 326 g/mol. The molecule has 0 spiro atoms. The molecule has 2 aromatic carbocycles. The van der Waals surface area contributed by atoms with Gasteiger partial charge in [-0.05, 0) is 49.2 Å². The topological polar surface area (TPSA) is 44.7 Å². The van der Waals surface area contributed by atoms with Crippen LogP contribution in [0.3, 0.4) is 0 Å². The van der Waals surface area contributed by atoms with E-state index in [1.54, 1.807) is 0 Å². The number of morpholine rings is 1. The number of hydrogen-bond acceptors (Lipinski definition) is 4. The van der Waals surface area contributed by atoms with Gasteiger partial charge in [0.25, 0.3) is 0 Å². The third-order valence-corrected chi connectivity index (χ3v) is 4.49. The second-order valence-electron chi connectivity index (χ2n) is 6.44. The van der Waals surface area contributed by atoms with Gasteiger partial charge in [0.15, 0.2) is 0 Å². The van der Waals surface area contributed by atoms with Gasteiger partial charge in [0, 0.05) is 30.5 Å². The van der Waals surface area contributed by atoms with E-state index < -0.39 is 0 Å². The number of nitrogens with zero attached hydrogens (tertiary/aromatic N) is 1. The van der Waals surface area contributed by atoms with Crippen molar-refractivity contribution in [1.29, 1.82) is 0 Å². The molecule has 4 heteroatoms. The molecule has 0 aromatic heterocycles. The van der Waals surface area contributed by atoms with Crippen LogP contribution < -0.4 is 10.2 Å². The lowest BCUT2D eigenvalue weighted by Crippen LogP contribution is -2.41. The van der Waals surface area contributed by atoms with Crippen LogP contribution in [0.15, 0.2) is 48.5 Å². The van der Waals surface area contributed by atoms with Crippen LogP contribution in [-0.4, -0.2) is 30.9 Å². The first-order chi connectivity index (χ1) is 11.7. The average molecular weight is 326 g/mol. The third kappa shape index (κ3) is 4.08. The second kappa shape index (κ2) is 7.69. The van der Waals surface area contributed by atoms with E-state index in [0.717, 1.165) is 30.9 Å². The zero-order valence-electron chi connectivity index (χ0n) is 14.4. The minimum absolute atomic E-state index is 0.0766. The van der Waals surface area contributed by atoms with Crippen LogP contribution in [0.5, 0.6) is 0 Å². The number of rotatable bonds is 5. The molecule has 0 aliphatic carbocycles. The number of benzene rings is 2. The molecule has 0 radical (unpaired) electrons. The summed E-state index contributed by atoms with van der Waals surface area (Å²) in [5.41, 5.74) is 4.46. The number of hydrogen-bond donors (Lipinski definition) is 2. The standard InChI is InChI=1S/C20H26N2O2/c1-15-13-22(10-11-24-15)20-8-6-19(7-9-20)21-16(2)18-5-3-4-17(12-18)14-23/h3-9,12,15-16,21,23H,10-11,13-14H2,1-2H3. The summed E-state index contributed by atoms with van der Waals surface area (Å²) in [4.78, 5) is 2.37. The molecule has 1 fully saturated rings. The smallest absolute Gasteiger partial charge is 0.0722 e. The summed E-state index contributed by atoms with van der Waals surface area (Å²) in [6.45, 7) is 7.00. The Morgan fingerprint density at radius 3 is 2.75 bits per heavy atom. The fourth-order valence-electron chi connectivity index (χ4n) is 3.12. The number of aliphatic hydroxyl groups excluding tert-OH is 1. The molecule has 2 atom stereocenters. The van der Waals surface area contributed by atoms with E-state index in [2.05, 4.69) is 54.4 Å². The van der Waals surface area contributed by atoms with Gasteiger partial charge in [-0.1, -0.05) is 24.3 Å². The van der Waals surface area contributed by atoms with E-state index in [9.17, 15) is 5.11 Å². The first-order valence-corrected chi connectivity index (χ1v) is 8.58. The zero-order valence-corrected chi connectivity index (χ0v) is 14.4. The molecular weight excluding hydrogens is 300 g/mol. The lowest BCUT2D eigenvalue weighted by molar-refractivity contribution is 0.0532. The van der Waals surface area contributed by atoms with Crippen molar-refractivity contribution < 1.29 is 9.84 Å². The van der Waals surface area contributed by atoms with Crippen LogP contribution in [-0.2, 0) is 11.3 Å². The van der Waals surface area contributed by atoms with Crippen LogP contribution in [0.25, 0.3) is 0 Å². The van der Waals surface area contributed by atoms with Crippen molar-refractivity contribution in [2.45, 2.75) is 32.6 Å². The number of nitrogens with one attached hydrogen (secondary N) is 1. The predicted octanol–water partition coefficient (Wildman–Crippen LogP) is 3.58. The van der Waals surface area contributed by atoms with Gasteiger partial charge in [0.2, 0.25) is 0 Å². The first kappa shape index (κ1) is 16.8. The van der Waals surface area contributed by atoms with Gasteiger partial charge in [0.05, 0.1) is 19.3 Å². The maximum atomic E-state index is 9.27. The van der Waals surface area contributed by atoms with Gasteiger partial charge in [-0.2, -0.15) is 0 Å². The molecule has 2 aromatic rings. The highest BCUT2D eigenvalue weighted by Gasteiger charge is 2.16. The molecule has 1 heterocycles. The predicted molar refractivity (Wildman–Crippen MR) is 98.5 cm³/mol. The average Bonchev–Trinajstić information content (AvgIpc) is 2.62. The number of anilines is 2. The van der Waals surface area contributed by atoms with Gasteiger partial charge >= 0.3 is 0 Å². The maximum absolute atomic E-state index is 9.27. The van der Waals surface area contributed by atoms with Crippen LogP contribution in [0, 0.1) is 0 Å². The summed E-state index contributed by atoms with van der Waals surface area (Å²) >= 11 is 0. The lowest BCUT2D eigenvalue weighted by atomic mass is 10.1. The minimum Gasteiger partial charge on any atom is -0.392 e. The molecule has 3 rings (SSSR count). The third-order valence-electron chi connectivity index (χ3n) is 4.49. The Morgan fingerprint density at radius 2 is 2.04 bits per heavy atom. The van der Waals surface area contributed by atoms with Gasteiger partial charge in [-0.15, -0.1) is 0 Å². The van der Waals surface area contributed by atoms with Crippen molar-refractivity contribution >= 4 is 11.4 Å². The first-order valence-electron chi connectivity index (χ1n) is 8.58. The molecule has 1 aliphatic heterocycles. The molecule has 4 nitrogen and oxygen atoms in total. The molecule has 1 saturated heterocycles. The highest BCUT2D eigenvalue weighted by molar-refractivity contribution is 5.56. The van der Waals surface area contributed by atoms with Gasteiger partial charge in [0.1, 0.15) is 0 Å². The fraction of sp³-hybridized carbons (Fsp3) is 0.400. The van der Waals surface area contributed by atoms with Crippen molar-refractivity contribution in [3.8, 4) is 0 Å². The molecule has 1 aliphatic rings. The Kier molecular flexibility index (Phi) is 5.38. The highest BCUT2D eigenvalue weighted by Crippen LogP contribution is 2.24. The Labute approximate surface area is 144 Å². The molecule has 2 N–H and O–H groups in total. The van der Waals surface area contributed by atoms with E-state index in [1.165, 1.54) is 11.3 Å². The SMILES string of the molecule is CC1CN(c2ccc(NC(C)c3cccc(CO)c3)cc2)CCO1. The molecule has 0 bridgehead atoms. The van der Waals surface area contributed by atoms with Crippen LogP contribution in [0.1, 0.15) is 31.0 Å². The van der Waals surface area contributed by atoms with E-state index in [0.29, 0.717) is 0 Å². The van der Waals surface area contributed by atoms with E-state index in [1.807, 2.05) is 18.2 Å². The summed E-state index contributed by atoms with van der Waals surface area (Å²) in [6, 6.07) is 16.8. The van der Waals surface area contributed by atoms with Gasteiger partial charge in [-0.3, -0.25) is 0 Å². The summed E-state index contributed by atoms with van der Waals surface area (Å²) in [7, 11) is 0. The van der Waals surface area contributed by atoms with Crippen LogP contribution >= 0.6 is 0 Å². The zero-order chi connectivity index (χ0) is 16.9. The normalized spacial score (nSPS) is 19.1. The molecule has 128 valence electrons. The van der Waals surface area contributed by atoms with Crippen LogP contribution in [0.4, 0.5) is 11.4 Å². The van der Waals surface area contributed by atoms with Crippen LogP contribution in [0.2, 0.25) is 0 Å². The van der Waals surface area contributed by atoms with Crippen molar-refractivity contribution in [2.75, 3.05) is 29.9 Å². The van der Waals surface area contributed by atoms with Crippen molar-refractivity contribution in [3.05, 3.63) is 59.7 Å². The highest BCUT2D eigenvalue weighted by atomic mass is 16.5. The lowest BCUT2D eigenvalue weighted by Gasteiger charge is -2.33. The number of aliphatic hydroxyl groups is 1. The quantitative estimate of drug-likeness (QED) is 0.881. The van der Waals surface area contributed by atoms with Crippen molar-refractivity contribution in [1.82, 2.24) is 0 Å². The molecular formula is C20H26N2O2. The second-order valence-corrected chi connectivity index (χ2v) is 6.44. The molecule has 24 heavy (non-hydrogen) atoms. The summed E-state index contributed by atoms with van der Waals surface area (Å²) in [5.74, 6) is 0. The minimum atomic E-state index is 0.0766. The van der Waals surface area contributed by atoms with Gasteiger partial charge in [-0.25, -0.2) is 0 Å². The summed E-state index contributed by atoms with van der Waals surface area (Å²) in [5, 5.41) is 12.8. The Balaban J connectivity index is 1.65. The van der Waals surface area contributed by atoms with E-state index >= 15 is 0 Å². The molecule has 2 unspecified atom stereocenters. The molecule has 0 saturated carbocycles. The van der Waals surface area contributed by atoms with Gasteiger partial charge < -0.3 is 20.1 Å². The Hall–Kier alpha value is -2.04. The largest absolute Gasteiger partial charge is 0.392 e. The Morgan fingerprint density at radius 1 is 1.25 bits per heavy atom. The fourth-order valence-corrected chi connectivity index (χ4v) is 3.12. The number of ether oxygens (including phenoxy) is 1. The molecule has 0 amide bonds. The summed E-state index contributed by atoms with van der Waals surface area (Å²) in [6.07, 6.45) is 0.287. The Bertz CT molecular complexity index is 657. The van der Waals surface area contributed by atoms with Crippen molar-refractivity contribution in [3.63, 3.8) is 0 Å². The maximum Gasteiger partial charge on any atom is 0.0722 e. The van der Waals surface area contributed by atoms with Crippen molar-refractivity contribution in [2.24, 2.45) is 0 Å². The summed E-state index contributed by atoms with van der Waals surface area (Å²) < 4.78 is 5.60. The van der Waals surface area contributed by atoms with E-state index in [4.69, 9.17) is 4.74 Å².